The number of likely N-dealkylation sites (tertiary alicyclic amines) is 1. The van der Waals surface area contributed by atoms with Crippen molar-refractivity contribution >= 4 is 101 Å². The smallest absolute Gasteiger partial charge is 0.391 e. The number of benzene rings is 5. The van der Waals surface area contributed by atoms with E-state index in [4.69, 9.17) is 16.3 Å². The van der Waals surface area contributed by atoms with Crippen LogP contribution in [0.3, 0.4) is 0 Å². The number of aliphatic hydroxyl groups is 1. The summed E-state index contributed by atoms with van der Waals surface area (Å²) in [5, 5.41) is 20.6. The number of aliphatic hydroxyl groups excluding tert-OH is 1. The number of aromatic nitrogens is 1. The average molecular weight is 1680 g/mol. The van der Waals surface area contributed by atoms with E-state index in [2.05, 4.69) is 64.5 Å². The number of carbonyl (C=O) groups is 5. The van der Waals surface area contributed by atoms with Crippen LogP contribution < -0.4 is 25.6 Å². The largest absolute Gasteiger partial charge is 0.501 e. The Morgan fingerprint density at radius 1 is 0.757 bits per heavy atom. The van der Waals surface area contributed by atoms with Crippen molar-refractivity contribution in [1.29, 1.82) is 0 Å². The van der Waals surface area contributed by atoms with Crippen LogP contribution in [0.15, 0.2) is 147 Å². The summed E-state index contributed by atoms with van der Waals surface area (Å²) in [6.45, 7) is 24.6. The van der Waals surface area contributed by atoms with Crippen LogP contribution in [0.2, 0.25) is 5.02 Å². The number of thioether (sulfide) groups is 1. The molecule has 1 aliphatic carbocycles. The number of sulfone groups is 1. The number of ether oxygens (including phenoxy) is 1. The molecule has 6 aliphatic rings. The van der Waals surface area contributed by atoms with Gasteiger partial charge in [-0.2, -0.15) is 13.2 Å². The number of nitrogens with one attached hydrogen (secondary N) is 4. The van der Waals surface area contributed by atoms with Gasteiger partial charge < -0.3 is 45.4 Å². The molecule has 115 heavy (non-hydrogen) atoms. The van der Waals surface area contributed by atoms with Gasteiger partial charge in [-0.05, 0) is 146 Å². The predicted octanol–water partition coefficient (Wildman–Crippen LogP) is 9.77. The lowest BCUT2D eigenvalue weighted by molar-refractivity contribution is -0.144. The fourth-order valence-corrected chi connectivity index (χ4v) is 20.2. The maximum absolute atomic E-state index is 14.5. The fourth-order valence-electron chi connectivity index (χ4n) is 16.2. The Morgan fingerprint density at radius 2 is 1.42 bits per heavy atom. The number of sulfonamides is 1. The highest BCUT2D eigenvalue weighted by Gasteiger charge is 2.49. The number of carbonyl (C=O) groups excluding carboxylic acids is 5. The number of piperazine rings is 3. The topological polar surface area (TPSA) is 270 Å². The third kappa shape index (κ3) is 22.7. The van der Waals surface area contributed by atoms with Gasteiger partial charge in [-0.1, -0.05) is 99.5 Å². The molecule has 6 aromatic rings. The molecule has 0 bridgehead atoms. The first kappa shape index (κ1) is 86.8. The second kappa shape index (κ2) is 38.0. The van der Waals surface area contributed by atoms with Crippen molar-refractivity contribution in [2.75, 3.05) is 160 Å². The van der Waals surface area contributed by atoms with Crippen LogP contribution >= 0.6 is 34.7 Å². The number of hydrogen-bond donors (Lipinski definition) is 5. The second-order valence-electron chi connectivity index (χ2n) is 32.6. The van der Waals surface area contributed by atoms with Gasteiger partial charge in [0.2, 0.25) is 23.6 Å². The molecule has 3 unspecified atom stereocenters. The summed E-state index contributed by atoms with van der Waals surface area (Å²) in [6, 6.07) is 31.3. The molecular weight excluding hydrogens is 1580 g/mol. The summed E-state index contributed by atoms with van der Waals surface area (Å²) in [5.74, 6) is -1.77. The molecule has 5 saturated heterocycles. The molecule has 24 nitrogen and oxygen atoms in total. The number of allylic oxidation sites excluding steroid dienone is 1. The van der Waals surface area contributed by atoms with Crippen molar-refractivity contribution in [3.8, 4) is 10.4 Å². The number of nitrogens with zero attached hydrogens (tertiary/aromatic N) is 9. The first-order valence-electron chi connectivity index (χ1n) is 39.6. The van der Waals surface area contributed by atoms with Crippen LogP contribution in [0.4, 0.5) is 24.5 Å². The molecule has 0 saturated carbocycles. The van der Waals surface area contributed by atoms with Gasteiger partial charge in [0.1, 0.15) is 17.0 Å². The SMILES string of the molecule is Cc1ncsc1-c1ccc([C@H](C)NC(=O)[C@@H]2C[C@@H](O)CN2C(=O)C(NC(=O)CN2CCN(CC(=O)N3CCN(CC4(C)CCC(c5ccc(Cl)cc5)=C(CN5CCN(c6ccc(C(=O)NS(=O)(=O)c7ccc(NC(CCN8CCCOCC8)CSc8ccccc8)c(S(=O)(=O)C(F)(F)F)c7)cc6)CC5)C4)CC3)CC2)C(C)(C)C)cc1. The third-order valence-electron chi connectivity index (χ3n) is 22.8. The van der Waals surface area contributed by atoms with Crippen LogP contribution in [0.1, 0.15) is 106 Å². The second-order valence-corrected chi connectivity index (χ2v) is 38.6. The maximum atomic E-state index is 14.5. The Labute approximate surface area is 686 Å². The molecule has 622 valence electrons. The van der Waals surface area contributed by atoms with Crippen LogP contribution in [-0.4, -0.2) is 270 Å². The van der Waals surface area contributed by atoms with Crippen molar-refractivity contribution in [1.82, 2.24) is 54.6 Å². The number of amides is 5. The van der Waals surface area contributed by atoms with Crippen molar-refractivity contribution in [3.63, 3.8) is 0 Å². The van der Waals surface area contributed by atoms with Crippen LogP contribution in [0, 0.1) is 17.8 Å². The highest BCUT2D eigenvalue weighted by Crippen LogP contribution is 2.45. The maximum Gasteiger partial charge on any atom is 0.501 e. The van der Waals surface area contributed by atoms with Crippen LogP contribution in [-0.2, 0) is 43.8 Å². The summed E-state index contributed by atoms with van der Waals surface area (Å²) in [7, 11) is -11.0. The van der Waals surface area contributed by atoms with Crippen LogP contribution in [0.5, 0.6) is 0 Å². The molecular formula is C83H107ClF3N13O11S4. The van der Waals surface area contributed by atoms with Crippen molar-refractivity contribution in [2.24, 2.45) is 10.8 Å². The standard InChI is InChI=1S/C83H107ClF3N13O11S4/c1-57(59-13-15-61(16-14-59)76-58(2)88-56-113-76)89-79(105)72-47-67(101)51-100(72)80(106)77(81(3,4)5)91-74(102)52-95-32-34-96(35-33-95)53-75(103)99-42-38-97(39-43-99)55-82(6)29-27-70(60-17-21-64(84)22-18-60)63(49-82)50-94-36-40-98(41-37-94)66-23-19-62(20-24-66)78(104)92-115(109,110)69-25-26-71(73(48-69)114(107,108)83(85,86)87)90-65(54-112-68-11-8-7-9-12-68)28-31-93-30-10-45-111-46-44-93/h7-9,11-26,48,56-57,65,67,72,77,90,101H,10,27-47,49-55H2,1-6H3,(H,89,105)(H,91,102)(H,92,104)/t57-,65?,67+,72-,77?,82?/m0/s1. The third-order valence-corrected chi connectivity index (χ3v) is 28.1. The fraction of sp³-hybridized carbons (Fsp3) is 0.518. The Morgan fingerprint density at radius 3 is 2.08 bits per heavy atom. The average Bonchev–Trinajstić information content (AvgIpc) is 1.38. The number of halogens is 4. The molecule has 5 amide bonds. The Hall–Kier alpha value is -7.53. The summed E-state index contributed by atoms with van der Waals surface area (Å²) in [4.78, 5) is 90.9. The lowest BCUT2D eigenvalue weighted by atomic mass is 9.71. The van der Waals surface area contributed by atoms with E-state index >= 15 is 0 Å². The van der Waals surface area contributed by atoms with E-state index in [1.165, 1.54) is 39.9 Å². The summed E-state index contributed by atoms with van der Waals surface area (Å²) in [6.07, 6.45) is 3.14. The Bertz CT molecular complexity index is 4630. The van der Waals surface area contributed by atoms with E-state index in [9.17, 15) is 59.1 Å². The molecule has 0 spiro atoms. The zero-order chi connectivity index (χ0) is 82.0. The van der Waals surface area contributed by atoms with E-state index < -0.39 is 82.3 Å². The van der Waals surface area contributed by atoms with Gasteiger partial charge in [-0.25, -0.2) is 26.5 Å². The minimum Gasteiger partial charge on any atom is -0.391 e. The number of aryl methyl sites for hydroxylation is 1. The van der Waals surface area contributed by atoms with Gasteiger partial charge in [0.05, 0.1) is 58.5 Å². The minimum absolute atomic E-state index is 0.0329. The normalized spacial score (nSPS) is 21.2. The first-order valence-corrected chi connectivity index (χ1v) is 44.8. The summed E-state index contributed by atoms with van der Waals surface area (Å²) < 4.78 is 105. The van der Waals surface area contributed by atoms with Crippen molar-refractivity contribution in [3.05, 3.63) is 160 Å². The van der Waals surface area contributed by atoms with Gasteiger partial charge in [-0.15, -0.1) is 23.1 Å². The zero-order valence-electron chi connectivity index (χ0n) is 66.2. The van der Waals surface area contributed by atoms with Crippen molar-refractivity contribution in [2.45, 2.75) is 131 Å². The zero-order valence-corrected chi connectivity index (χ0v) is 70.2. The number of thiazole rings is 1. The quantitative estimate of drug-likeness (QED) is 0.0286. The van der Waals surface area contributed by atoms with E-state index in [-0.39, 0.29) is 60.8 Å². The molecule has 12 rings (SSSR count). The molecule has 32 heteroatoms. The molecule has 1 aromatic heterocycles. The van der Waals surface area contributed by atoms with E-state index in [0.29, 0.717) is 102 Å². The summed E-state index contributed by atoms with van der Waals surface area (Å²) >= 11 is 9.42. The van der Waals surface area contributed by atoms with E-state index in [1.54, 1.807) is 23.5 Å². The molecule has 5 aromatic carbocycles. The van der Waals surface area contributed by atoms with Gasteiger partial charge >= 0.3 is 5.51 Å². The van der Waals surface area contributed by atoms with E-state index in [1.807, 2.05) is 121 Å². The number of β-amino-alcohol motifs (C(OH)–C–C–N with tert-alkyl or cyclic N) is 1. The Balaban J connectivity index is 0.594. The Kier molecular flexibility index (Phi) is 28.7. The number of rotatable bonds is 28. The molecule has 0 radical (unpaired) electrons. The molecule has 6 atom stereocenters. The molecule has 6 heterocycles. The number of anilines is 2. The van der Waals surface area contributed by atoms with Gasteiger partial charge in [0, 0.05) is 164 Å². The lowest BCUT2D eigenvalue weighted by Gasteiger charge is -2.44. The molecule has 5 N–H and O–H groups in total. The predicted molar refractivity (Wildman–Crippen MR) is 443 cm³/mol. The summed E-state index contributed by atoms with van der Waals surface area (Å²) in [5.41, 5.74) is 2.30. The highest BCUT2D eigenvalue weighted by molar-refractivity contribution is 7.99. The molecule has 5 fully saturated rings. The van der Waals surface area contributed by atoms with E-state index in [0.717, 1.165) is 121 Å². The van der Waals surface area contributed by atoms with Crippen molar-refractivity contribution < 1.29 is 63.8 Å². The molecule has 5 aliphatic heterocycles. The number of alkyl halides is 3. The minimum atomic E-state index is -6.12. The van der Waals surface area contributed by atoms with Gasteiger partial charge in [0.15, 0.2) is 0 Å². The van der Waals surface area contributed by atoms with Gasteiger partial charge in [0.25, 0.3) is 25.8 Å². The van der Waals surface area contributed by atoms with Crippen LogP contribution in [0.25, 0.3) is 16.0 Å². The lowest BCUT2D eigenvalue weighted by Crippen LogP contribution is -2.59. The first-order chi connectivity index (χ1) is 54.7. The number of hydrogen-bond acceptors (Lipinski definition) is 21. The van der Waals surface area contributed by atoms with Gasteiger partial charge in [-0.3, -0.25) is 43.6 Å². The highest BCUT2D eigenvalue weighted by atomic mass is 35.5. The monoisotopic (exact) mass is 1680 g/mol.